The highest BCUT2D eigenvalue weighted by atomic mass is 16.5. The molecular formula is C17H13NO3. The molecule has 2 aromatic carbocycles. The summed E-state index contributed by atoms with van der Waals surface area (Å²) < 4.78 is 11.3. The minimum absolute atomic E-state index is 0.0353. The molecule has 3 aromatic rings. The Balaban J connectivity index is 2.29. The molecule has 104 valence electrons. The maximum atomic E-state index is 12.5. The first-order chi connectivity index (χ1) is 10.1. The van der Waals surface area contributed by atoms with E-state index >= 15 is 0 Å². The molecule has 1 aromatic heterocycles. The molecule has 0 aliphatic heterocycles. The van der Waals surface area contributed by atoms with E-state index in [1.165, 1.54) is 0 Å². The molecule has 1 heterocycles. The van der Waals surface area contributed by atoms with Crippen molar-refractivity contribution in [2.24, 2.45) is 0 Å². The smallest absolute Gasteiger partial charge is 0.200 e. The highest BCUT2D eigenvalue weighted by molar-refractivity contribution is 5.90. The second kappa shape index (κ2) is 4.95. The topological polar surface area (TPSA) is 63.2 Å². The van der Waals surface area contributed by atoms with Crippen LogP contribution in [-0.2, 0) is 0 Å². The second-order valence-electron chi connectivity index (χ2n) is 5.08. The number of hydrogen-bond acceptors (Lipinski definition) is 4. The zero-order valence-electron chi connectivity index (χ0n) is 11.7. The van der Waals surface area contributed by atoms with E-state index < -0.39 is 0 Å². The molecule has 0 spiro atoms. The Morgan fingerprint density at radius 3 is 2.62 bits per heavy atom. The van der Waals surface area contributed by atoms with E-state index in [1.54, 1.807) is 36.4 Å². The fourth-order valence-electron chi connectivity index (χ4n) is 2.25. The molecule has 0 amide bonds. The van der Waals surface area contributed by atoms with Gasteiger partial charge < -0.3 is 9.15 Å². The molecule has 0 fully saturated rings. The molecule has 0 radical (unpaired) electrons. The lowest BCUT2D eigenvalue weighted by Gasteiger charge is -2.10. The fourth-order valence-corrected chi connectivity index (χ4v) is 2.25. The normalized spacial score (nSPS) is 11.0. The lowest BCUT2D eigenvalue weighted by molar-refractivity contribution is 0.242. The summed E-state index contributed by atoms with van der Waals surface area (Å²) in [4.78, 5) is 12.5. The van der Waals surface area contributed by atoms with Crippen molar-refractivity contribution in [3.63, 3.8) is 0 Å². The molecule has 0 saturated heterocycles. The maximum Gasteiger partial charge on any atom is 0.200 e. The molecule has 0 unspecified atom stereocenters. The number of hydrogen-bond donors (Lipinski definition) is 0. The zero-order valence-corrected chi connectivity index (χ0v) is 11.7. The molecule has 0 N–H and O–H groups in total. The average Bonchev–Trinajstić information content (AvgIpc) is 2.47. The second-order valence-corrected chi connectivity index (χ2v) is 5.08. The van der Waals surface area contributed by atoms with Crippen molar-refractivity contribution >= 4 is 21.9 Å². The van der Waals surface area contributed by atoms with E-state index in [4.69, 9.17) is 14.4 Å². The molecule has 0 aliphatic carbocycles. The van der Waals surface area contributed by atoms with Crippen molar-refractivity contribution in [2.75, 3.05) is 0 Å². The van der Waals surface area contributed by atoms with E-state index in [2.05, 4.69) is 0 Å². The minimum atomic E-state index is -0.120. The van der Waals surface area contributed by atoms with Crippen molar-refractivity contribution < 1.29 is 9.15 Å². The van der Waals surface area contributed by atoms with Crippen molar-refractivity contribution in [1.82, 2.24) is 0 Å². The predicted octanol–water partition coefficient (Wildman–Crippen LogP) is 3.61. The first-order valence-electron chi connectivity index (χ1n) is 6.66. The standard InChI is InChI=1S/C17H13NO3/c1-10(2)20-12-4-6-15-14(8-12)17(19)13-5-3-11(9-18)7-16(13)21-15/h3-8,10H,1-2H3. The number of nitriles is 1. The monoisotopic (exact) mass is 279 g/mol. The molecule has 0 aliphatic rings. The number of benzene rings is 2. The molecule has 4 heteroatoms. The van der Waals surface area contributed by atoms with Crippen molar-refractivity contribution in [2.45, 2.75) is 20.0 Å². The van der Waals surface area contributed by atoms with E-state index in [0.29, 0.717) is 33.3 Å². The van der Waals surface area contributed by atoms with Gasteiger partial charge in [0.2, 0.25) is 5.43 Å². The first-order valence-corrected chi connectivity index (χ1v) is 6.66. The summed E-state index contributed by atoms with van der Waals surface area (Å²) in [6.07, 6.45) is 0.0353. The maximum absolute atomic E-state index is 12.5. The molecule has 3 rings (SSSR count). The van der Waals surface area contributed by atoms with Crippen LogP contribution in [0.25, 0.3) is 21.9 Å². The van der Waals surface area contributed by atoms with Gasteiger partial charge in [-0.05, 0) is 50.2 Å². The minimum Gasteiger partial charge on any atom is -0.491 e. The van der Waals surface area contributed by atoms with Gasteiger partial charge in [0.25, 0.3) is 0 Å². The van der Waals surface area contributed by atoms with Gasteiger partial charge in [0.05, 0.1) is 28.5 Å². The van der Waals surface area contributed by atoms with E-state index in [0.717, 1.165) is 0 Å². The molecule has 21 heavy (non-hydrogen) atoms. The highest BCUT2D eigenvalue weighted by Crippen LogP contribution is 2.23. The third-order valence-electron chi connectivity index (χ3n) is 3.14. The van der Waals surface area contributed by atoms with Crippen molar-refractivity contribution in [3.05, 3.63) is 52.2 Å². The third-order valence-corrected chi connectivity index (χ3v) is 3.14. The summed E-state index contributed by atoms with van der Waals surface area (Å²) in [7, 11) is 0. The first kappa shape index (κ1) is 13.2. The number of fused-ring (bicyclic) bond motifs is 2. The van der Waals surface area contributed by atoms with Crippen LogP contribution in [0.3, 0.4) is 0 Å². The third kappa shape index (κ3) is 2.34. The van der Waals surface area contributed by atoms with E-state index in [1.807, 2.05) is 19.9 Å². The Hall–Kier alpha value is -2.80. The Bertz CT molecular complexity index is 932. The van der Waals surface area contributed by atoms with Crippen LogP contribution in [0.5, 0.6) is 5.75 Å². The quantitative estimate of drug-likeness (QED) is 0.672. The molecule has 4 nitrogen and oxygen atoms in total. The molecule has 0 atom stereocenters. The molecule has 0 bridgehead atoms. The molecular weight excluding hydrogens is 266 g/mol. The van der Waals surface area contributed by atoms with Gasteiger partial charge in [-0.15, -0.1) is 0 Å². The van der Waals surface area contributed by atoms with Gasteiger partial charge in [0.1, 0.15) is 16.9 Å². The molecule has 0 saturated carbocycles. The summed E-state index contributed by atoms with van der Waals surface area (Å²) >= 11 is 0. The van der Waals surface area contributed by atoms with Crippen LogP contribution >= 0.6 is 0 Å². The van der Waals surface area contributed by atoms with Gasteiger partial charge in [-0.2, -0.15) is 5.26 Å². The van der Waals surface area contributed by atoms with Gasteiger partial charge in [-0.3, -0.25) is 4.79 Å². The van der Waals surface area contributed by atoms with Crippen LogP contribution in [-0.4, -0.2) is 6.10 Å². The summed E-state index contributed by atoms with van der Waals surface area (Å²) in [6.45, 7) is 3.85. The predicted molar refractivity (Wildman–Crippen MR) is 80.5 cm³/mol. The summed E-state index contributed by atoms with van der Waals surface area (Å²) in [5, 5.41) is 9.85. The lowest BCUT2D eigenvalue weighted by atomic mass is 10.1. The van der Waals surface area contributed by atoms with Crippen LogP contribution < -0.4 is 10.2 Å². The van der Waals surface area contributed by atoms with Crippen molar-refractivity contribution in [1.29, 1.82) is 5.26 Å². The summed E-state index contributed by atoms with van der Waals surface area (Å²) in [5.41, 5.74) is 1.25. The Morgan fingerprint density at radius 2 is 1.90 bits per heavy atom. The van der Waals surface area contributed by atoms with E-state index in [9.17, 15) is 4.79 Å². The highest BCUT2D eigenvalue weighted by Gasteiger charge is 2.10. The zero-order chi connectivity index (χ0) is 15.0. The average molecular weight is 279 g/mol. The van der Waals surface area contributed by atoms with Gasteiger partial charge in [-0.1, -0.05) is 0 Å². The summed E-state index contributed by atoms with van der Waals surface area (Å²) in [6, 6.07) is 12.0. The number of nitrogens with zero attached hydrogens (tertiary/aromatic N) is 1. The number of ether oxygens (including phenoxy) is 1. The van der Waals surface area contributed by atoms with E-state index in [-0.39, 0.29) is 11.5 Å². The summed E-state index contributed by atoms with van der Waals surface area (Å²) in [5.74, 6) is 0.637. The Morgan fingerprint density at radius 1 is 1.10 bits per heavy atom. The Kier molecular flexibility index (Phi) is 3.11. The van der Waals surface area contributed by atoms with Crippen LogP contribution in [0.4, 0.5) is 0 Å². The van der Waals surface area contributed by atoms with Crippen molar-refractivity contribution in [3.8, 4) is 11.8 Å². The van der Waals surface area contributed by atoms with Gasteiger partial charge in [0.15, 0.2) is 0 Å². The van der Waals surface area contributed by atoms with Crippen LogP contribution in [0.15, 0.2) is 45.6 Å². The number of rotatable bonds is 2. The van der Waals surface area contributed by atoms with Crippen LogP contribution in [0.2, 0.25) is 0 Å². The fraction of sp³-hybridized carbons (Fsp3) is 0.176. The van der Waals surface area contributed by atoms with Gasteiger partial charge in [0, 0.05) is 0 Å². The lowest BCUT2D eigenvalue weighted by Crippen LogP contribution is -2.07. The van der Waals surface area contributed by atoms with Gasteiger partial charge >= 0.3 is 0 Å². The van der Waals surface area contributed by atoms with Crippen LogP contribution in [0.1, 0.15) is 19.4 Å². The SMILES string of the molecule is CC(C)Oc1ccc2oc3cc(C#N)ccc3c(=O)c2c1. The van der Waals surface area contributed by atoms with Gasteiger partial charge in [-0.25, -0.2) is 0 Å². The largest absolute Gasteiger partial charge is 0.491 e. The van der Waals surface area contributed by atoms with Crippen LogP contribution in [0, 0.1) is 11.3 Å². The Labute approximate surface area is 121 Å².